The third kappa shape index (κ3) is 9.73. The summed E-state index contributed by atoms with van der Waals surface area (Å²) in [5.74, 6) is 0. The van der Waals surface area contributed by atoms with Gasteiger partial charge in [0.2, 0.25) is 0 Å². The topological polar surface area (TPSA) is 77.3 Å². The standard InChI is InChI=1S/2C51H29N3S/c1-3-14-45-41(12-1)47-42(23-22-40-38-11-2-4-15-46(38)55-51(40)47)48(54-45)35-9-5-8-31(26-35)32-18-16-30-17-19-33-27-34(20-21-37(33)43(30)28-32)44-29-36-10-6-24-52-49(36)50-39(44)13-7-25-53-50;1-3-18-36-34(16-1)45(35-17-2-4-19-37(35)46(36)42-29-32-14-10-26-52-49(32)50-38(42)21-11-27-53-50)30-12-9-13-31(28-30)48-41-25-24-39-33-15-6-8-23-44(33)55-51(39)47(41)40-20-5-7-22-43(40)54-48/h2*1-29H. The summed E-state index contributed by atoms with van der Waals surface area (Å²) in [4.78, 5) is 29.7. The second kappa shape index (κ2) is 24.8. The number of nitrogens with zero attached hydrogens (tertiary/aromatic N) is 6. The molecule has 0 aliphatic heterocycles. The Balaban J connectivity index is 0.000000132. The average molecular weight is 1430 g/mol. The molecule has 16 aromatic carbocycles. The van der Waals surface area contributed by atoms with Gasteiger partial charge < -0.3 is 0 Å². The molecule has 0 fully saturated rings. The third-order valence-corrected chi connectivity index (χ3v) is 25.0. The van der Waals surface area contributed by atoms with Gasteiger partial charge >= 0.3 is 0 Å². The van der Waals surface area contributed by atoms with Gasteiger partial charge in [-0.2, -0.15) is 0 Å². The van der Waals surface area contributed by atoms with Crippen molar-refractivity contribution in [2.24, 2.45) is 0 Å². The summed E-state index contributed by atoms with van der Waals surface area (Å²) in [5.41, 5.74) is 19.4. The Morgan fingerprint density at radius 1 is 0.200 bits per heavy atom. The van der Waals surface area contributed by atoms with E-state index in [9.17, 15) is 0 Å². The molecule has 0 radical (unpaired) electrons. The molecule has 0 amide bonds. The van der Waals surface area contributed by atoms with Crippen molar-refractivity contribution < 1.29 is 0 Å². The quantitative estimate of drug-likeness (QED) is 0.122. The highest BCUT2D eigenvalue weighted by Gasteiger charge is 2.24. The number of hydrogen-bond acceptors (Lipinski definition) is 8. The van der Waals surface area contributed by atoms with Crippen LogP contribution in [0.15, 0.2) is 352 Å². The lowest BCUT2D eigenvalue weighted by molar-refractivity contribution is 1.37. The summed E-state index contributed by atoms with van der Waals surface area (Å²) in [6, 6.07) is 119. The summed E-state index contributed by atoms with van der Waals surface area (Å²) >= 11 is 3.76. The van der Waals surface area contributed by atoms with Crippen LogP contribution in [-0.4, -0.2) is 29.9 Å². The first kappa shape index (κ1) is 62.2. The monoisotopic (exact) mass is 1430 g/mol. The number of aromatic nitrogens is 6. The predicted molar refractivity (Wildman–Crippen MR) is 468 cm³/mol. The first-order chi connectivity index (χ1) is 54.5. The molecule has 6 nitrogen and oxygen atoms in total. The molecule has 0 bridgehead atoms. The van der Waals surface area contributed by atoms with Crippen molar-refractivity contribution in [1.29, 1.82) is 0 Å². The lowest BCUT2D eigenvalue weighted by atomic mass is 9.84. The van der Waals surface area contributed by atoms with E-state index in [0.29, 0.717) is 0 Å². The summed E-state index contributed by atoms with van der Waals surface area (Å²) in [5, 5.41) is 26.6. The van der Waals surface area contributed by atoms with Crippen LogP contribution in [0.1, 0.15) is 0 Å². The number of hydrogen-bond donors (Lipinski definition) is 0. The van der Waals surface area contributed by atoms with Crippen molar-refractivity contribution >= 4 is 193 Å². The maximum absolute atomic E-state index is 5.39. The highest BCUT2D eigenvalue weighted by molar-refractivity contribution is 7.27. The number of para-hydroxylation sites is 2. The van der Waals surface area contributed by atoms with Crippen LogP contribution in [0.5, 0.6) is 0 Å². The van der Waals surface area contributed by atoms with Crippen LogP contribution < -0.4 is 0 Å². The molecule has 8 aromatic heterocycles. The minimum atomic E-state index is 0.920. The molecular formula is C102H58N6S2. The molecular weight excluding hydrogens is 1370 g/mol. The molecule has 0 saturated carbocycles. The van der Waals surface area contributed by atoms with Crippen molar-refractivity contribution in [2.75, 3.05) is 0 Å². The van der Waals surface area contributed by atoms with E-state index in [0.717, 1.165) is 88.3 Å². The fourth-order valence-corrected chi connectivity index (χ4v) is 20.2. The van der Waals surface area contributed by atoms with Crippen molar-refractivity contribution in [2.45, 2.75) is 0 Å². The van der Waals surface area contributed by atoms with Gasteiger partial charge in [-0.25, -0.2) is 9.97 Å². The second-order valence-corrected chi connectivity index (χ2v) is 30.7. The molecule has 0 N–H and O–H groups in total. The Hall–Kier alpha value is -14.0. The molecule has 0 aliphatic carbocycles. The molecule has 8 heterocycles. The lowest BCUT2D eigenvalue weighted by Crippen LogP contribution is -1.94. The molecule has 508 valence electrons. The zero-order chi connectivity index (χ0) is 72.1. The Morgan fingerprint density at radius 2 is 0.609 bits per heavy atom. The first-order valence-electron chi connectivity index (χ1n) is 37.2. The van der Waals surface area contributed by atoms with E-state index in [1.807, 2.05) is 71.7 Å². The Bertz CT molecular complexity index is 8020. The zero-order valence-electron chi connectivity index (χ0n) is 59.0. The van der Waals surface area contributed by atoms with Crippen molar-refractivity contribution in [3.05, 3.63) is 352 Å². The first-order valence-corrected chi connectivity index (χ1v) is 38.8. The van der Waals surface area contributed by atoms with Crippen LogP contribution in [0.25, 0.3) is 237 Å². The second-order valence-electron chi connectivity index (χ2n) is 28.6. The van der Waals surface area contributed by atoms with Gasteiger partial charge in [-0.1, -0.05) is 243 Å². The Morgan fingerprint density at radius 3 is 1.19 bits per heavy atom. The highest BCUT2D eigenvalue weighted by atomic mass is 32.1. The molecule has 0 unspecified atom stereocenters. The van der Waals surface area contributed by atoms with E-state index >= 15 is 0 Å². The van der Waals surface area contributed by atoms with Crippen LogP contribution in [0.4, 0.5) is 0 Å². The van der Waals surface area contributed by atoms with Gasteiger partial charge in [0.25, 0.3) is 0 Å². The van der Waals surface area contributed by atoms with E-state index in [1.165, 1.54) is 149 Å². The summed E-state index contributed by atoms with van der Waals surface area (Å²) in [6.07, 6.45) is 7.41. The van der Waals surface area contributed by atoms with Crippen LogP contribution >= 0.6 is 22.7 Å². The fraction of sp³-hybridized carbons (Fsp3) is 0. The molecule has 24 aromatic rings. The predicted octanol–water partition coefficient (Wildman–Crippen LogP) is 28.3. The van der Waals surface area contributed by atoms with Crippen molar-refractivity contribution in [3.8, 4) is 67.0 Å². The van der Waals surface area contributed by atoms with Gasteiger partial charge in [0.05, 0.1) is 44.5 Å². The van der Waals surface area contributed by atoms with Crippen LogP contribution in [0.2, 0.25) is 0 Å². The average Bonchev–Trinajstić information content (AvgIpc) is 1.59. The number of fused-ring (bicyclic) bond motifs is 25. The molecule has 110 heavy (non-hydrogen) atoms. The van der Waals surface area contributed by atoms with E-state index in [-0.39, 0.29) is 0 Å². The maximum Gasteiger partial charge on any atom is 0.0970 e. The van der Waals surface area contributed by atoms with Gasteiger partial charge in [-0.05, 0) is 173 Å². The molecule has 0 saturated heterocycles. The van der Waals surface area contributed by atoms with Crippen LogP contribution in [0, 0.1) is 0 Å². The van der Waals surface area contributed by atoms with E-state index < -0.39 is 0 Å². The Kier molecular flexibility index (Phi) is 14.0. The zero-order valence-corrected chi connectivity index (χ0v) is 60.6. The number of thiophene rings is 2. The molecule has 24 rings (SSSR count). The highest BCUT2D eigenvalue weighted by Crippen LogP contribution is 2.50. The SMILES string of the molecule is c1cc(-c2c3ccccc3c(-c3cc4cccnc4c4ncccc34)c3ccccc23)cc(-c2nc3ccccc3c3c2ccc2c4ccccc4sc23)c1.c1cc(-c2ccc3ccc4cc(-c5cc6cccnc6c6ncccc56)ccc4c3c2)cc(-c2nc3ccccc3c3c2ccc2c4ccccc4sc23)c1. The van der Waals surface area contributed by atoms with E-state index in [4.69, 9.17) is 24.9 Å². The van der Waals surface area contributed by atoms with Gasteiger partial charge in [-0.15, -0.1) is 22.7 Å². The van der Waals surface area contributed by atoms with Crippen molar-refractivity contribution in [3.63, 3.8) is 0 Å². The minimum Gasteiger partial charge on any atom is -0.254 e. The lowest BCUT2D eigenvalue weighted by Gasteiger charge is -2.19. The Labute approximate surface area is 637 Å². The maximum atomic E-state index is 5.39. The molecule has 8 heteroatoms. The van der Waals surface area contributed by atoms with Gasteiger partial charge in [-0.3, -0.25) is 19.9 Å². The summed E-state index contributed by atoms with van der Waals surface area (Å²) in [6.45, 7) is 0. The molecule has 0 aliphatic rings. The smallest absolute Gasteiger partial charge is 0.0970 e. The third-order valence-electron chi connectivity index (χ3n) is 22.6. The fourth-order valence-electron chi connectivity index (χ4n) is 17.7. The largest absolute Gasteiger partial charge is 0.254 e. The van der Waals surface area contributed by atoms with Crippen LogP contribution in [0.3, 0.4) is 0 Å². The number of pyridine rings is 6. The minimum absolute atomic E-state index is 0.920. The number of benzene rings is 16. The van der Waals surface area contributed by atoms with Crippen LogP contribution in [-0.2, 0) is 0 Å². The van der Waals surface area contributed by atoms with Crippen molar-refractivity contribution in [1.82, 2.24) is 29.9 Å². The summed E-state index contributed by atoms with van der Waals surface area (Å²) < 4.78 is 5.25. The van der Waals surface area contributed by atoms with Gasteiger partial charge in [0.15, 0.2) is 0 Å². The van der Waals surface area contributed by atoms with E-state index in [1.54, 1.807) is 0 Å². The number of rotatable bonds is 6. The normalized spacial score (nSPS) is 12.0. The summed E-state index contributed by atoms with van der Waals surface area (Å²) in [7, 11) is 0. The van der Waals surface area contributed by atoms with E-state index in [2.05, 4.69) is 308 Å². The molecule has 0 atom stereocenters. The van der Waals surface area contributed by atoms with Gasteiger partial charge in [0, 0.05) is 130 Å². The van der Waals surface area contributed by atoms with Gasteiger partial charge in [0.1, 0.15) is 0 Å². The molecule has 0 spiro atoms.